The number of diazo groups is 1. The highest BCUT2D eigenvalue weighted by atomic mass is 14.9. The molecule has 0 aliphatic heterocycles. The van der Waals surface area contributed by atoms with Crippen LogP contribution in [0.15, 0.2) is 18.2 Å². The molecule has 0 aliphatic rings. The molecule has 0 bridgehead atoms. The van der Waals surface area contributed by atoms with Gasteiger partial charge in [-0.1, -0.05) is 6.07 Å². The summed E-state index contributed by atoms with van der Waals surface area (Å²) in [6.45, 7) is 1.99. The van der Waals surface area contributed by atoms with Crippen molar-refractivity contribution in [3.8, 4) is 0 Å². The molecule has 1 N–H and O–H groups in total. The highest BCUT2D eigenvalue weighted by Gasteiger charge is 2.10. The van der Waals surface area contributed by atoms with Crippen LogP contribution in [0, 0.1) is 12.3 Å². The topological polar surface area (TPSA) is 40.2 Å². The average Bonchev–Trinajstić information content (AvgIpc) is 2.04. The maximum Gasteiger partial charge on any atom is 0.407 e. The summed E-state index contributed by atoms with van der Waals surface area (Å²) in [4.78, 5) is 3.12. The summed E-state index contributed by atoms with van der Waals surface area (Å²) in [6, 6.07) is 5.59. The van der Waals surface area contributed by atoms with E-state index in [2.05, 4.69) is 10.3 Å². The van der Waals surface area contributed by atoms with Gasteiger partial charge in [-0.3, -0.25) is 0 Å². The average molecular weight is 148 g/mol. The number of aryl methyl sites for hydroxylation is 1. The molecule has 3 heteroatoms. The Morgan fingerprint density at radius 2 is 2.18 bits per heavy atom. The van der Waals surface area contributed by atoms with Crippen molar-refractivity contribution in [2.75, 3.05) is 12.4 Å². The van der Waals surface area contributed by atoms with E-state index in [0.29, 0.717) is 5.69 Å². The quantitative estimate of drug-likeness (QED) is 0.621. The zero-order valence-electron chi connectivity index (χ0n) is 6.63. The molecule has 0 saturated carbocycles. The normalized spacial score (nSPS) is 8.82. The minimum Gasteiger partial charge on any atom is -0.382 e. The standard InChI is InChI=1S/C8H10N3/c1-6-3-4-7(11-9)8(5-6)10-2/h3-5,10H,1-2H3/q+1. The highest BCUT2D eigenvalue weighted by molar-refractivity contribution is 5.69. The lowest BCUT2D eigenvalue weighted by Gasteiger charge is -1.95. The molecule has 0 spiro atoms. The van der Waals surface area contributed by atoms with Crippen molar-refractivity contribution in [3.63, 3.8) is 0 Å². The van der Waals surface area contributed by atoms with Crippen LogP contribution < -0.4 is 5.32 Å². The maximum absolute atomic E-state index is 8.53. The van der Waals surface area contributed by atoms with Gasteiger partial charge < -0.3 is 5.32 Å². The first-order chi connectivity index (χ1) is 5.27. The number of nitrogens with zero attached hydrogens (tertiary/aromatic N) is 2. The predicted octanol–water partition coefficient (Wildman–Crippen LogP) is 2.52. The molecule has 0 aromatic heterocycles. The molecule has 0 unspecified atom stereocenters. The lowest BCUT2D eigenvalue weighted by atomic mass is 10.2. The second-order valence-corrected chi connectivity index (χ2v) is 2.37. The maximum atomic E-state index is 8.53. The number of nitrogens with one attached hydrogen (secondary N) is 1. The molecule has 0 radical (unpaired) electrons. The summed E-state index contributed by atoms with van der Waals surface area (Å²) >= 11 is 0. The van der Waals surface area contributed by atoms with Crippen LogP contribution in [-0.2, 0) is 0 Å². The van der Waals surface area contributed by atoms with Crippen LogP contribution in [0.2, 0.25) is 0 Å². The van der Waals surface area contributed by atoms with Gasteiger partial charge in [0.1, 0.15) is 5.69 Å². The van der Waals surface area contributed by atoms with Crippen LogP contribution in [0.1, 0.15) is 5.56 Å². The van der Waals surface area contributed by atoms with Crippen molar-refractivity contribution in [1.29, 1.82) is 5.39 Å². The molecule has 1 aromatic carbocycles. The number of hydrogen-bond acceptors (Lipinski definition) is 2. The molecular formula is C8H10N3+. The van der Waals surface area contributed by atoms with Crippen molar-refractivity contribution in [2.45, 2.75) is 6.92 Å². The van der Waals surface area contributed by atoms with E-state index < -0.39 is 0 Å². The molecule has 0 atom stereocenters. The summed E-state index contributed by atoms with van der Waals surface area (Å²) < 4.78 is 0. The number of benzene rings is 1. The van der Waals surface area contributed by atoms with Gasteiger partial charge >= 0.3 is 5.69 Å². The third kappa shape index (κ3) is 1.47. The molecule has 0 saturated heterocycles. The fourth-order valence-corrected chi connectivity index (χ4v) is 0.937. The van der Waals surface area contributed by atoms with Crippen LogP contribution in [0.3, 0.4) is 0 Å². The first-order valence-electron chi connectivity index (χ1n) is 3.41. The zero-order valence-corrected chi connectivity index (χ0v) is 6.63. The van der Waals surface area contributed by atoms with Crippen molar-refractivity contribution in [1.82, 2.24) is 0 Å². The Morgan fingerprint density at radius 3 is 2.73 bits per heavy atom. The molecule has 0 aliphatic carbocycles. The largest absolute Gasteiger partial charge is 0.407 e. The minimum absolute atomic E-state index is 0.568. The summed E-state index contributed by atoms with van der Waals surface area (Å²) in [7, 11) is 1.80. The van der Waals surface area contributed by atoms with Gasteiger partial charge in [-0.15, -0.1) is 0 Å². The molecule has 1 aromatic rings. The van der Waals surface area contributed by atoms with Crippen LogP contribution in [0.5, 0.6) is 0 Å². The van der Waals surface area contributed by atoms with Gasteiger partial charge in [-0.25, -0.2) is 0 Å². The smallest absolute Gasteiger partial charge is 0.382 e. The first kappa shape index (κ1) is 7.55. The highest BCUT2D eigenvalue weighted by Crippen LogP contribution is 2.24. The Bertz CT molecular complexity index is 299. The molecule has 0 amide bonds. The summed E-state index contributed by atoms with van der Waals surface area (Å²) in [5, 5.41) is 11.5. The van der Waals surface area contributed by atoms with Crippen molar-refractivity contribution in [3.05, 3.63) is 28.7 Å². The molecule has 3 nitrogen and oxygen atoms in total. The van der Waals surface area contributed by atoms with E-state index in [-0.39, 0.29) is 0 Å². The Hall–Kier alpha value is -1.56. The molecule has 11 heavy (non-hydrogen) atoms. The van der Waals surface area contributed by atoms with Gasteiger partial charge in [-0.2, -0.15) is 0 Å². The molecular weight excluding hydrogens is 138 g/mol. The first-order valence-corrected chi connectivity index (χ1v) is 3.41. The lowest BCUT2D eigenvalue weighted by molar-refractivity contribution is 1.40. The Labute approximate surface area is 65.7 Å². The summed E-state index contributed by atoms with van der Waals surface area (Å²) in [5.74, 6) is 0. The molecule has 0 heterocycles. The van der Waals surface area contributed by atoms with Gasteiger partial charge in [0.25, 0.3) is 0 Å². The van der Waals surface area contributed by atoms with E-state index in [4.69, 9.17) is 5.39 Å². The number of anilines is 1. The van der Waals surface area contributed by atoms with E-state index >= 15 is 0 Å². The van der Waals surface area contributed by atoms with Crippen molar-refractivity contribution >= 4 is 11.4 Å². The Kier molecular flexibility index (Phi) is 2.07. The van der Waals surface area contributed by atoms with Crippen molar-refractivity contribution < 1.29 is 0 Å². The van der Waals surface area contributed by atoms with Gasteiger partial charge in [0.05, 0.1) is 0 Å². The van der Waals surface area contributed by atoms with Crippen LogP contribution in [-0.4, -0.2) is 7.05 Å². The minimum atomic E-state index is 0.568. The third-order valence-corrected chi connectivity index (χ3v) is 1.53. The molecule has 1 rings (SSSR count). The van der Waals surface area contributed by atoms with Crippen LogP contribution >= 0.6 is 0 Å². The van der Waals surface area contributed by atoms with Crippen LogP contribution in [0.25, 0.3) is 4.98 Å². The fraction of sp³-hybridized carbons (Fsp3) is 0.250. The monoisotopic (exact) mass is 148 g/mol. The SMILES string of the molecule is CNc1cc(C)ccc1[N+]#N. The summed E-state index contributed by atoms with van der Waals surface area (Å²) in [5.41, 5.74) is 2.55. The van der Waals surface area contributed by atoms with E-state index in [1.807, 2.05) is 19.1 Å². The van der Waals surface area contributed by atoms with E-state index in [0.717, 1.165) is 11.3 Å². The van der Waals surface area contributed by atoms with Gasteiger partial charge in [0.2, 0.25) is 5.39 Å². The molecule has 0 fully saturated rings. The van der Waals surface area contributed by atoms with Gasteiger partial charge in [0.15, 0.2) is 4.98 Å². The van der Waals surface area contributed by atoms with Gasteiger partial charge in [0, 0.05) is 13.1 Å². The van der Waals surface area contributed by atoms with Crippen LogP contribution in [0.4, 0.5) is 11.4 Å². The summed E-state index contributed by atoms with van der Waals surface area (Å²) in [6.07, 6.45) is 0. The Morgan fingerprint density at radius 1 is 1.45 bits per heavy atom. The third-order valence-electron chi connectivity index (χ3n) is 1.53. The van der Waals surface area contributed by atoms with Crippen molar-refractivity contribution in [2.24, 2.45) is 0 Å². The predicted molar refractivity (Wildman–Crippen MR) is 45.5 cm³/mol. The van der Waals surface area contributed by atoms with Gasteiger partial charge in [-0.05, 0) is 18.6 Å². The Balaban J connectivity index is 3.19. The van der Waals surface area contributed by atoms with E-state index in [1.165, 1.54) is 0 Å². The number of rotatable bonds is 1. The molecule has 56 valence electrons. The fourth-order valence-electron chi connectivity index (χ4n) is 0.937. The van der Waals surface area contributed by atoms with E-state index in [9.17, 15) is 0 Å². The second kappa shape index (κ2) is 3.02. The lowest BCUT2D eigenvalue weighted by Crippen LogP contribution is -1.87. The second-order valence-electron chi connectivity index (χ2n) is 2.37. The number of hydrogen-bond donors (Lipinski definition) is 1. The zero-order chi connectivity index (χ0) is 8.27. The van der Waals surface area contributed by atoms with E-state index in [1.54, 1.807) is 13.1 Å².